The molecule has 4 aromatic rings. The van der Waals surface area contributed by atoms with Gasteiger partial charge in [0.25, 0.3) is 0 Å². The van der Waals surface area contributed by atoms with Crippen molar-refractivity contribution < 1.29 is 10.2 Å². The van der Waals surface area contributed by atoms with Gasteiger partial charge in [-0.2, -0.15) is 0 Å². The summed E-state index contributed by atoms with van der Waals surface area (Å²) in [5.74, 6) is 0. The number of hydrogen-bond acceptors (Lipinski definition) is 5. The van der Waals surface area contributed by atoms with Gasteiger partial charge in [-0.05, 0) is 38.5 Å². The van der Waals surface area contributed by atoms with E-state index in [1.807, 2.05) is 78.9 Å². The van der Waals surface area contributed by atoms with Crippen LogP contribution in [0.4, 0.5) is 0 Å². The van der Waals surface area contributed by atoms with Crippen molar-refractivity contribution in [2.75, 3.05) is 0 Å². The molecular weight excluding hydrogens is 398 g/mol. The van der Waals surface area contributed by atoms with Gasteiger partial charge in [-0.1, -0.05) is 91.0 Å². The van der Waals surface area contributed by atoms with Gasteiger partial charge in [0.05, 0.1) is 11.2 Å². The molecule has 0 aliphatic rings. The SMILES string of the molecule is CC(C)(O)C(C)(C)O.c1ccc(-c2nnnc(-c3ccccc3)c2-c2ccccc2)cc1. The maximum absolute atomic E-state index is 9.10. The van der Waals surface area contributed by atoms with Gasteiger partial charge >= 0.3 is 0 Å². The van der Waals surface area contributed by atoms with Crippen LogP contribution >= 0.6 is 0 Å². The first-order valence-electron chi connectivity index (χ1n) is 10.5. The number of nitrogens with zero attached hydrogens (tertiary/aromatic N) is 3. The van der Waals surface area contributed by atoms with Crippen LogP contribution < -0.4 is 0 Å². The lowest BCUT2D eigenvalue weighted by Gasteiger charge is -2.31. The lowest BCUT2D eigenvalue weighted by atomic mass is 9.90. The highest BCUT2D eigenvalue weighted by Crippen LogP contribution is 2.36. The van der Waals surface area contributed by atoms with Gasteiger partial charge in [0, 0.05) is 16.7 Å². The first-order chi connectivity index (χ1) is 15.2. The molecule has 5 nitrogen and oxygen atoms in total. The fourth-order valence-corrected chi connectivity index (χ4v) is 2.80. The second kappa shape index (κ2) is 9.81. The Labute approximate surface area is 189 Å². The van der Waals surface area contributed by atoms with Crippen molar-refractivity contribution in [2.45, 2.75) is 38.9 Å². The number of aliphatic hydroxyl groups is 2. The average molecular weight is 428 g/mol. The van der Waals surface area contributed by atoms with E-state index in [2.05, 4.69) is 27.5 Å². The minimum Gasteiger partial charge on any atom is -0.387 e. The van der Waals surface area contributed by atoms with Crippen molar-refractivity contribution in [1.82, 2.24) is 15.4 Å². The van der Waals surface area contributed by atoms with Gasteiger partial charge < -0.3 is 10.2 Å². The van der Waals surface area contributed by atoms with Crippen molar-refractivity contribution >= 4 is 0 Å². The fourth-order valence-electron chi connectivity index (χ4n) is 2.80. The maximum atomic E-state index is 9.10. The van der Waals surface area contributed by atoms with E-state index < -0.39 is 11.2 Å². The van der Waals surface area contributed by atoms with Crippen LogP contribution in [0.3, 0.4) is 0 Å². The Balaban J connectivity index is 0.000000312. The summed E-state index contributed by atoms with van der Waals surface area (Å²) in [7, 11) is 0. The summed E-state index contributed by atoms with van der Waals surface area (Å²) in [5, 5.41) is 30.9. The van der Waals surface area contributed by atoms with Gasteiger partial charge in [-0.3, -0.25) is 0 Å². The molecule has 0 radical (unpaired) electrons. The van der Waals surface area contributed by atoms with E-state index in [1.165, 1.54) is 0 Å². The molecule has 3 aromatic carbocycles. The van der Waals surface area contributed by atoms with Crippen LogP contribution in [0.5, 0.6) is 0 Å². The molecule has 0 amide bonds. The smallest absolute Gasteiger partial charge is 0.105 e. The third kappa shape index (κ3) is 5.63. The third-order valence-corrected chi connectivity index (χ3v) is 5.42. The fraction of sp³-hybridized carbons (Fsp3) is 0.222. The Kier molecular flexibility index (Phi) is 7.13. The molecule has 0 atom stereocenters. The van der Waals surface area contributed by atoms with Crippen LogP contribution in [0.2, 0.25) is 0 Å². The average Bonchev–Trinajstić information content (AvgIpc) is 2.79. The minimum atomic E-state index is -1.01. The molecule has 5 heteroatoms. The number of rotatable bonds is 4. The van der Waals surface area contributed by atoms with Crippen LogP contribution in [-0.4, -0.2) is 36.8 Å². The largest absolute Gasteiger partial charge is 0.387 e. The normalized spacial score (nSPS) is 11.4. The molecular formula is C27H29N3O2. The zero-order valence-electron chi connectivity index (χ0n) is 18.9. The zero-order valence-corrected chi connectivity index (χ0v) is 18.9. The topological polar surface area (TPSA) is 79.1 Å². The highest BCUT2D eigenvalue weighted by atomic mass is 16.3. The van der Waals surface area contributed by atoms with Crippen LogP contribution in [0.25, 0.3) is 33.6 Å². The zero-order chi connectivity index (χ0) is 23.2. The predicted molar refractivity (Wildman–Crippen MR) is 129 cm³/mol. The number of aromatic nitrogens is 3. The van der Waals surface area contributed by atoms with E-state index >= 15 is 0 Å². The van der Waals surface area contributed by atoms with E-state index in [0.29, 0.717) is 0 Å². The van der Waals surface area contributed by atoms with E-state index in [4.69, 9.17) is 10.2 Å². The first-order valence-corrected chi connectivity index (χ1v) is 10.5. The van der Waals surface area contributed by atoms with E-state index in [-0.39, 0.29) is 0 Å². The molecule has 32 heavy (non-hydrogen) atoms. The highest BCUT2D eigenvalue weighted by molar-refractivity contribution is 5.90. The van der Waals surface area contributed by atoms with E-state index in [9.17, 15) is 0 Å². The van der Waals surface area contributed by atoms with Crippen LogP contribution in [0.15, 0.2) is 91.0 Å². The Bertz CT molecular complexity index is 1050. The Morgan fingerprint density at radius 1 is 0.500 bits per heavy atom. The molecule has 0 unspecified atom stereocenters. The summed E-state index contributed by atoms with van der Waals surface area (Å²) in [6.07, 6.45) is 0. The van der Waals surface area contributed by atoms with Gasteiger partial charge in [0.1, 0.15) is 11.4 Å². The summed E-state index contributed by atoms with van der Waals surface area (Å²) < 4.78 is 0. The lowest BCUT2D eigenvalue weighted by molar-refractivity contribution is -0.107. The van der Waals surface area contributed by atoms with Crippen molar-refractivity contribution in [3.05, 3.63) is 91.0 Å². The molecule has 164 valence electrons. The van der Waals surface area contributed by atoms with Crippen molar-refractivity contribution in [2.24, 2.45) is 0 Å². The van der Waals surface area contributed by atoms with Gasteiger partial charge in [0.2, 0.25) is 0 Å². The molecule has 0 spiro atoms. The standard InChI is InChI=1S/C21H15N3.C6H14O2/c1-4-10-16(11-5-1)19-20(17-12-6-2-7-13-17)22-24-23-21(19)18-14-8-3-9-15-18;1-5(2,7)6(3,4)8/h1-15H;7-8H,1-4H3. The second-order valence-electron chi connectivity index (χ2n) is 8.58. The van der Waals surface area contributed by atoms with E-state index in [1.54, 1.807) is 27.7 Å². The summed E-state index contributed by atoms with van der Waals surface area (Å²) in [4.78, 5) is 0. The van der Waals surface area contributed by atoms with Crippen molar-refractivity contribution in [1.29, 1.82) is 0 Å². The molecule has 0 saturated carbocycles. The summed E-state index contributed by atoms with van der Waals surface area (Å²) in [6.45, 7) is 6.31. The molecule has 4 rings (SSSR count). The first kappa shape index (κ1) is 23.3. The predicted octanol–water partition coefficient (Wildman–Crippen LogP) is 5.40. The molecule has 0 saturated heterocycles. The quantitative estimate of drug-likeness (QED) is 0.456. The summed E-state index contributed by atoms with van der Waals surface area (Å²) in [6, 6.07) is 30.4. The molecule has 0 fully saturated rings. The summed E-state index contributed by atoms with van der Waals surface area (Å²) in [5.41, 5.74) is 3.82. The van der Waals surface area contributed by atoms with Crippen molar-refractivity contribution in [3.8, 4) is 33.6 Å². The molecule has 1 aromatic heterocycles. The van der Waals surface area contributed by atoms with Crippen LogP contribution in [0, 0.1) is 0 Å². The second-order valence-corrected chi connectivity index (χ2v) is 8.58. The summed E-state index contributed by atoms with van der Waals surface area (Å²) >= 11 is 0. The molecule has 0 aliphatic heterocycles. The van der Waals surface area contributed by atoms with Crippen LogP contribution in [-0.2, 0) is 0 Å². The molecule has 0 bridgehead atoms. The lowest BCUT2D eigenvalue weighted by Crippen LogP contribution is -2.44. The molecule has 0 aliphatic carbocycles. The Morgan fingerprint density at radius 3 is 1.12 bits per heavy atom. The van der Waals surface area contributed by atoms with Crippen molar-refractivity contribution in [3.63, 3.8) is 0 Å². The molecule has 2 N–H and O–H groups in total. The van der Waals surface area contributed by atoms with Gasteiger partial charge in [-0.15, -0.1) is 10.2 Å². The number of hydrogen-bond donors (Lipinski definition) is 2. The van der Waals surface area contributed by atoms with Gasteiger partial charge in [0.15, 0.2) is 0 Å². The molecule has 1 heterocycles. The minimum absolute atomic E-state index is 0.843. The Hall–Kier alpha value is -3.41. The Morgan fingerprint density at radius 2 is 0.812 bits per heavy atom. The van der Waals surface area contributed by atoms with Gasteiger partial charge in [-0.25, -0.2) is 0 Å². The van der Waals surface area contributed by atoms with E-state index in [0.717, 1.165) is 33.6 Å². The van der Waals surface area contributed by atoms with Crippen LogP contribution in [0.1, 0.15) is 27.7 Å². The monoisotopic (exact) mass is 427 g/mol. The number of benzene rings is 3. The highest BCUT2D eigenvalue weighted by Gasteiger charge is 2.31. The third-order valence-electron chi connectivity index (χ3n) is 5.42. The maximum Gasteiger partial charge on any atom is 0.105 e.